The summed E-state index contributed by atoms with van der Waals surface area (Å²) in [5, 5.41) is 4.13. The number of hydrogen-bond donors (Lipinski definition) is 1. The molecule has 168 valence electrons. The molecule has 1 unspecified atom stereocenters. The van der Waals surface area contributed by atoms with E-state index in [1.54, 1.807) is 10.8 Å². The van der Waals surface area contributed by atoms with Gasteiger partial charge in [-0.25, -0.2) is 9.36 Å². The predicted molar refractivity (Wildman–Crippen MR) is 124 cm³/mol. The van der Waals surface area contributed by atoms with Gasteiger partial charge in [-0.3, -0.25) is 14.9 Å². The van der Waals surface area contributed by atoms with E-state index in [4.69, 9.17) is 9.15 Å². The van der Waals surface area contributed by atoms with Gasteiger partial charge < -0.3 is 9.15 Å². The van der Waals surface area contributed by atoms with Gasteiger partial charge in [0.2, 0.25) is 11.8 Å². The Morgan fingerprint density at radius 2 is 1.91 bits per heavy atom. The smallest absolute Gasteiger partial charge is 0.419 e. The molecule has 0 bridgehead atoms. The highest BCUT2D eigenvalue weighted by Crippen LogP contribution is 2.36. The third-order valence-electron chi connectivity index (χ3n) is 5.80. The molecule has 0 spiro atoms. The van der Waals surface area contributed by atoms with Crippen LogP contribution in [0.3, 0.4) is 0 Å². The van der Waals surface area contributed by atoms with Crippen LogP contribution in [0.2, 0.25) is 0 Å². The highest BCUT2D eigenvalue weighted by Gasteiger charge is 2.30. The maximum atomic E-state index is 13.1. The van der Waals surface area contributed by atoms with E-state index in [1.165, 1.54) is 0 Å². The van der Waals surface area contributed by atoms with Crippen molar-refractivity contribution in [3.63, 3.8) is 0 Å². The van der Waals surface area contributed by atoms with Crippen molar-refractivity contribution in [1.29, 1.82) is 0 Å². The summed E-state index contributed by atoms with van der Waals surface area (Å²) in [4.78, 5) is 37.0. The summed E-state index contributed by atoms with van der Waals surface area (Å²) in [6.07, 6.45) is 1.88. The first-order valence-electron chi connectivity index (χ1n) is 10.9. The maximum Gasteiger partial charge on any atom is 0.419 e. The fourth-order valence-corrected chi connectivity index (χ4v) is 4.34. The van der Waals surface area contributed by atoms with Crippen LogP contribution in [0.1, 0.15) is 45.1 Å². The summed E-state index contributed by atoms with van der Waals surface area (Å²) in [5.41, 5.74) is 2.95. The third-order valence-corrected chi connectivity index (χ3v) is 5.80. The van der Waals surface area contributed by atoms with E-state index in [1.807, 2.05) is 69.3 Å². The molecule has 1 atom stereocenters. The number of fused-ring (bicyclic) bond motifs is 2. The van der Waals surface area contributed by atoms with Gasteiger partial charge in [-0.15, -0.1) is 0 Å². The largest absolute Gasteiger partial charge is 0.464 e. The summed E-state index contributed by atoms with van der Waals surface area (Å²) in [5.74, 6) is -0.979. The number of nitrogens with zero attached hydrogens (tertiary/aromatic N) is 1. The number of para-hydroxylation sites is 1. The molecule has 0 aliphatic carbocycles. The van der Waals surface area contributed by atoms with Gasteiger partial charge >= 0.3 is 6.09 Å². The lowest BCUT2D eigenvalue weighted by atomic mass is 9.90. The van der Waals surface area contributed by atoms with Crippen molar-refractivity contribution in [2.45, 2.75) is 45.1 Å². The SMILES string of the molecule is CC(C)(C)OC(=O)n1c(-c2ccc3c(C4CCC(=O)NC4=O)coc3c2)cc2ccccc21. The number of hydrogen-bond acceptors (Lipinski definition) is 5. The Hall–Kier alpha value is -3.87. The normalized spacial score (nSPS) is 16.9. The first kappa shape index (κ1) is 21.0. The average Bonchev–Trinajstić information content (AvgIpc) is 3.33. The zero-order valence-electron chi connectivity index (χ0n) is 18.7. The Bertz CT molecular complexity index is 1420. The minimum Gasteiger partial charge on any atom is -0.464 e. The quantitative estimate of drug-likeness (QED) is 0.421. The lowest BCUT2D eigenvalue weighted by Crippen LogP contribution is -2.39. The fourth-order valence-electron chi connectivity index (χ4n) is 4.34. The number of imide groups is 1. The van der Waals surface area contributed by atoms with E-state index >= 15 is 0 Å². The van der Waals surface area contributed by atoms with Gasteiger partial charge in [0.25, 0.3) is 0 Å². The molecule has 0 saturated carbocycles. The second kappa shape index (κ2) is 7.62. The summed E-state index contributed by atoms with van der Waals surface area (Å²) >= 11 is 0. The molecule has 5 rings (SSSR count). The van der Waals surface area contributed by atoms with E-state index in [9.17, 15) is 14.4 Å². The first-order valence-corrected chi connectivity index (χ1v) is 10.9. The van der Waals surface area contributed by atoms with Crippen LogP contribution in [-0.2, 0) is 14.3 Å². The van der Waals surface area contributed by atoms with Crippen molar-refractivity contribution in [2.75, 3.05) is 0 Å². The second-order valence-electron chi connectivity index (χ2n) is 9.31. The van der Waals surface area contributed by atoms with Crippen molar-refractivity contribution < 1.29 is 23.5 Å². The topological polar surface area (TPSA) is 90.5 Å². The molecule has 7 nitrogen and oxygen atoms in total. The number of ether oxygens (including phenoxy) is 1. The summed E-state index contributed by atoms with van der Waals surface area (Å²) in [6, 6.07) is 15.3. The van der Waals surface area contributed by atoms with Crippen LogP contribution in [0.15, 0.2) is 59.2 Å². The van der Waals surface area contributed by atoms with Gasteiger partial charge in [0.05, 0.1) is 23.4 Å². The van der Waals surface area contributed by atoms with Gasteiger partial charge in [0, 0.05) is 28.3 Å². The van der Waals surface area contributed by atoms with Crippen molar-refractivity contribution in [3.05, 3.63) is 60.4 Å². The number of benzene rings is 2. The van der Waals surface area contributed by atoms with E-state index in [0.29, 0.717) is 24.1 Å². The number of carbonyl (C=O) groups is 3. The molecule has 2 aromatic carbocycles. The molecule has 4 aromatic rings. The minimum absolute atomic E-state index is 0.249. The third kappa shape index (κ3) is 3.80. The predicted octanol–water partition coefficient (Wildman–Crippen LogP) is 5.36. The zero-order valence-corrected chi connectivity index (χ0v) is 18.7. The number of rotatable bonds is 2. The van der Waals surface area contributed by atoms with Crippen LogP contribution in [0.25, 0.3) is 33.1 Å². The highest BCUT2D eigenvalue weighted by atomic mass is 16.6. The number of carbonyl (C=O) groups excluding carboxylic acids is 3. The van der Waals surface area contributed by atoms with E-state index < -0.39 is 17.6 Å². The molecular formula is C26H24N2O5. The Labute approximate surface area is 190 Å². The highest BCUT2D eigenvalue weighted by molar-refractivity contribution is 6.03. The molecule has 1 N–H and O–H groups in total. The Kier molecular flexibility index (Phi) is 4.85. The number of piperidine rings is 1. The van der Waals surface area contributed by atoms with Crippen molar-refractivity contribution in [3.8, 4) is 11.3 Å². The number of amides is 2. The molecule has 1 fully saturated rings. The second-order valence-corrected chi connectivity index (χ2v) is 9.31. The van der Waals surface area contributed by atoms with Crippen LogP contribution in [-0.4, -0.2) is 28.1 Å². The van der Waals surface area contributed by atoms with Crippen LogP contribution >= 0.6 is 0 Å². The molecule has 2 aromatic heterocycles. The van der Waals surface area contributed by atoms with E-state index in [-0.39, 0.29) is 11.8 Å². The van der Waals surface area contributed by atoms with Crippen LogP contribution < -0.4 is 5.32 Å². The number of furan rings is 1. The van der Waals surface area contributed by atoms with E-state index in [0.717, 1.165) is 27.4 Å². The van der Waals surface area contributed by atoms with Crippen LogP contribution in [0, 0.1) is 0 Å². The maximum absolute atomic E-state index is 13.1. The zero-order chi connectivity index (χ0) is 23.3. The van der Waals surface area contributed by atoms with Crippen molar-refractivity contribution in [1.82, 2.24) is 9.88 Å². The van der Waals surface area contributed by atoms with Crippen LogP contribution in [0.5, 0.6) is 0 Å². The Morgan fingerprint density at radius 1 is 1.12 bits per heavy atom. The first-order chi connectivity index (χ1) is 15.7. The molecular weight excluding hydrogens is 420 g/mol. The summed E-state index contributed by atoms with van der Waals surface area (Å²) in [6.45, 7) is 5.50. The van der Waals surface area contributed by atoms with Gasteiger partial charge in [-0.1, -0.05) is 30.3 Å². The van der Waals surface area contributed by atoms with Gasteiger partial charge in [0.15, 0.2) is 0 Å². The molecule has 1 aliphatic heterocycles. The lowest BCUT2D eigenvalue weighted by Gasteiger charge is -2.21. The van der Waals surface area contributed by atoms with Gasteiger partial charge in [0.1, 0.15) is 11.2 Å². The number of nitrogens with one attached hydrogen (secondary N) is 1. The van der Waals surface area contributed by atoms with E-state index in [2.05, 4.69) is 5.32 Å². The average molecular weight is 444 g/mol. The standard InChI is InChI=1S/C26H24N2O5/c1-26(2,3)33-25(31)28-20-7-5-4-6-15(20)12-21(28)16-8-9-17-19(14-32-22(17)13-16)18-10-11-23(29)27-24(18)30/h4-9,12-14,18H,10-11H2,1-3H3,(H,27,29,30). The monoisotopic (exact) mass is 444 g/mol. The van der Waals surface area contributed by atoms with Crippen LogP contribution in [0.4, 0.5) is 4.79 Å². The molecule has 1 aliphatic rings. The number of aromatic nitrogens is 1. The minimum atomic E-state index is -0.637. The molecule has 3 heterocycles. The molecule has 7 heteroatoms. The van der Waals surface area contributed by atoms with Crippen molar-refractivity contribution >= 4 is 39.8 Å². The van der Waals surface area contributed by atoms with Crippen molar-refractivity contribution in [2.24, 2.45) is 0 Å². The van der Waals surface area contributed by atoms with Gasteiger partial charge in [-0.2, -0.15) is 0 Å². The summed E-state index contributed by atoms with van der Waals surface area (Å²) in [7, 11) is 0. The fraction of sp³-hybridized carbons (Fsp3) is 0.269. The molecule has 33 heavy (non-hydrogen) atoms. The summed E-state index contributed by atoms with van der Waals surface area (Å²) < 4.78 is 13.1. The lowest BCUT2D eigenvalue weighted by molar-refractivity contribution is -0.134. The Balaban J connectivity index is 1.59. The molecule has 2 amide bonds. The Morgan fingerprint density at radius 3 is 2.67 bits per heavy atom. The molecule has 1 saturated heterocycles. The van der Waals surface area contributed by atoms with Gasteiger partial charge in [-0.05, 0) is 45.4 Å². The molecule has 0 radical (unpaired) electrons.